The van der Waals surface area contributed by atoms with Crippen LogP contribution in [0.4, 0.5) is 14.5 Å². The molecule has 1 aromatic rings. The van der Waals surface area contributed by atoms with E-state index >= 15 is 0 Å². The number of likely N-dealkylation sites (tertiary alicyclic amines) is 1. The van der Waals surface area contributed by atoms with Gasteiger partial charge in [-0.3, -0.25) is 4.79 Å². The molecular weight excluding hydrogens is 302 g/mol. The molecule has 8 heteroatoms. The lowest BCUT2D eigenvalue weighted by atomic mass is 10.1. The molecule has 0 aliphatic carbocycles. The minimum absolute atomic E-state index is 0.0153. The maximum atomic E-state index is 12.7. The summed E-state index contributed by atoms with van der Waals surface area (Å²) in [4.78, 5) is 12.5. The molecule has 0 radical (unpaired) electrons. The van der Waals surface area contributed by atoms with Crippen molar-refractivity contribution in [3.05, 3.63) is 24.3 Å². The molecule has 1 amide bonds. The first-order valence-corrected chi connectivity index (χ1v) is 7.98. The van der Waals surface area contributed by atoms with Gasteiger partial charge in [0.2, 0.25) is 15.7 Å². The summed E-state index contributed by atoms with van der Waals surface area (Å²) in [5, 5.41) is 2.96. The lowest BCUT2D eigenvalue weighted by molar-refractivity contribution is -0.132. The van der Waals surface area contributed by atoms with E-state index in [1.165, 1.54) is 17.0 Å². The van der Waals surface area contributed by atoms with Crippen molar-refractivity contribution in [2.75, 3.05) is 18.9 Å². The third kappa shape index (κ3) is 3.31. The molecule has 1 saturated heterocycles. The number of nitrogens with one attached hydrogen (secondary N) is 1. The van der Waals surface area contributed by atoms with Gasteiger partial charge in [0.1, 0.15) is 0 Å². The van der Waals surface area contributed by atoms with E-state index in [-0.39, 0.29) is 17.6 Å². The quantitative estimate of drug-likeness (QED) is 0.918. The summed E-state index contributed by atoms with van der Waals surface area (Å²) in [6, 6.07) is 5.41. The second-order valence-electron chi connectivity index (χ2n) is 4.96. The van der Waals surface area contributed by atoms with Crippen LogP contribution in [0.3, 0.4) is 0 Å². The van der Waals surface area contributed by atoms with Crippen molar-refractivity contribution in [3.8, 4) is 0 Å². The average Bonchev–Trinajstić information content (AvgIpc) is 2.43. The molecular formula is C13H16F2N2O3S. The first-order chi connectivity index (χ1) is 9.82. The van der Waals surface area contributed by atoms with Gasteiger partial charge < -0.3 is 10.2 Å². The number of halogens is 2. The van der Waals surface area contributed by atoms with Gasteiger partial charge in [0.25, 0.3) is 0 Å². The Morgan fingerprint density at radius 3 is 2.62 bits per heavy atom. The Bertz CT molecular complexity index is 634. The summed E-state index contributed by atoms with van der Waals surface area (Å²) in [5.74, 6) is -3.45. The van der Waals surface area contributed by atoms with Crippen LogP contribution in [0.5, 0.6) is 0 Å². The predicted octanol–water partition coefficient (Wildman–Crippen LogP) is 1.72. The Hall–Kier alpha value is -1.70. The molecule has 21 heavy (non-hydrogen) atoms. The van der Waals surface area contributed by atoms with E-state index in [1.54, 1.807) is 13.1 Å². The number of carbonyl (C=O) groups excluding carboxylic acids is 1. The number of alkyl halides is 2. The normalized spacial score (nSPS) is 19.9. The number of sulfone groups is 1. The van der Waals surface area contributed by atoms with E-state index in [0.29, 0.717) is 19.4 Å². The number of rotatable bonds is 4. The number of hydrogen-bond acceptors (Lipinski definition) is 4. The Morgan fingerprint density at radius 1 is 1.33 bits per heavy atom. The standard InChI is InChI=1S/C13H16F2N2O3S/c1-17-8-9(6-7-12(17)18)16-10-4-2-3-5-11(10)21(19,20)13(14)15/h2-5,9,13,16H,6-8H2,1H3. The van der Waals surface area contributed by atoms with Gasteiger partial charge in [0, 0.05) is 26.1 Å². The summed E-state index contributed by atoms with van der Waals surface area (Å²) in [6.45, 7) is 0.405. The third-order valence-electron chi connectivity index (χ3n) is 3.41. The van der Waals surface area contributed by atoms with Crippen LogP contribution in [0.15, 0.2) is 29.2 Å². The van der Waals surface area contributed by atoms with Gasteiger partial charge in [0.05, 0.1) is 10.6 Å². The molecule has 0 aromatic heterocycles. The zero-order valence-electron chi connectivity index (χ0n) is 11.4. The molecule has 5 nitrogen and oxygen atoms in total. The smallest absolute Gasteiger partial charge is 0.341 e. The number of benzene rings is 1. The van der Waals surface area contributed by atoms with Crippen molar-refractivity contribution in [1.82, 2.24) is 4.90 Å². The molecule has 0 spiro atoms. The molecule has 1 N–H and O–H groups in total. The van der Waals surface area contributed by atoms with E-state index in [2.05, 4.69) is 5.32 Å². The van der Waals surface area contributed by atoms with E-state index in [4.69, 9.17) is 0 Å². The molecule has 1 aliphatic heterocycles. The Labute approximate surface area is 121 Å². The number of nitrogens with zero attached hydrogens (tertiary/aromatic N) is 1. The summed E-state index contributed by atoms with van der Waals surface area (Å²) in [5.41, 5.74) is 0.144. The monoisotopic (exact) mass is 318 g/mol. The first-order valence-electron chi connectivity index (χ1n) is 6.44. The van der Waals surface area contributed by atoms with Crippen LogP contribution in [0.25, 0.3) is 0 Å². The van der Waals surface area contributed by atoms with E-state index in [9.17, 15) is 22.0 Å². The number of para-hydroxylation sites is 1. The molecule has 0 bridgehead atoms. The Kier molecular flexibility index (Phi) is 4.46. The van der Waals surface area contributed by atoms with Crippen LogP contribution in [0.2, 0.25) is 0 Å². The average molecular weight is 318 g/mol. The second kappa shape index (κ2) is 5.97. The summed E-state index contributed by atoms with van der Waals surface area (Å²) in [6.07, 6.45) is 0.879. The van der Waals surface area contributed by atoms with Crippen molar-refractivity contribution in [2.24, 2.45) is 0 Å². The molecule has 1 heterocycles. The van der Waals surface area contributed by atoms with Gasteiger partial charge in [0.15, 0.2) is 0 Å². The van der Waals surface area contributed by atoms with Crippen molar-refractivity contribution in [1.29, 1.82) is 0 Å². The fourth-order valence-corrected chi connectivity index (χ4v) is 3.17. The number of hydrogen-bond donors (Lipinski definition) is 1. The van der Waals surface area contributed by atoms with Crippen LogP contribution in [0.1, 0.15) is 12.8 Å². The van der Waals surface area contributed by atoms with Crippen LogP contribution in [0, 0.1) is 0 Å². The molecule has 1 aliphatic rings. The van der Waals surface area contributed by atoms with Gasteiger partial charge in [-0.1, -0.05) is 12.1 Å². The van der Waals surface area contributed by atoms with Crippen LogP contribution in [-0.4, -0.2) is 44.6 Å². The number of piperidine rings is 1. The Balaban J connectivity index is 2.24. The molecule has 116 valence electrons. The van der Waals surface area contributed by atoms with Gasteiger partial charge in [-0.05, 0) is 18.6 Å². The molecule has 1 atom stereocenters. The maximum Gasteiger partial charge on any atom is 0.341 e. The molecule has 1 aromatic carbocycles. The van der Waals surface area contributed by atoms with Crippen molar-refractivity contribution in [2.45, 2.75) is 29.5 Å². The van der Waals surface area contributed by atoms with Gasteiger partial charge in [-0.25, -0.2) is 8.42 Å². The predicted molar refractivity (Wildman–Crippen MR) is 73.9 cm³/mol. The maximum absolute atomic E-state index is 12.7. The minimum atomic E-state index is -4.66. The third-order valence-corrected chi connectivity index (χ3v) is 4.85. The molecule has 0 saturated carbocycles. The highest BCUT2D eigenvalue weighted by Crippen LogP contribution is 2.27. The lowest BCUT2D eigenvalue weighted by Gasteiger charge is -2.31. The highest BCUT2D eigenvalue weighted by molar-refractivity contribution is 7.91. The fourth-order valence-electron chi connectivity index (χ4n) is 2.28. The second-order valence-corrected chi connectivity index (χ2v) is 6.84. The van der Waals surface area contributed by atoms with Crippen molar-refractivity contribution >= 4 is 21.4 Å². The van der Waals surface area contributed by atoms with Gasteiger partial charge in [-0.15, -0.1) is 0 Å². The molecule has 1 fully saturated rings. The number of amides is 1. The van der Waals surface area contributed by atoms with Crippen LogP contribution < -0.4 is 5.32 Å². The van der Waals surface area contributed by atoms with E-state index in [1.807, 2.05) is 0 Å². The summed E-state index contributed by atoms with van der Waals surface area (Å²) < 4.78 is 48.7. The van der Waals surface area contributed by atoms with E-state index < -0.39 is 20.5 Å². The fraction of sp³-hybridized carbons (Fsp3) is 0.462. The highest BCUT2D eigenvalue weighted by Gasteiger charge is 2.30. The van der Waals surface area contributed by atoms with Crippen LogP contribution >= 0.6 is 0 Å². The number of likely N-dealkylation sites (N-methyl/N-ethyl adjacent to an activating group) is 1. The SMILES string of the molecule is CN1CC(Nc2ccccc2S(=O)(=O)C(F)F)CCC1=O. The zero-order chi connectivity index (χ0) is 15.6. The van der Waals surface area contributed by atoms with Crippen LogP contribution in [-0.2, 0) is 14.6 Å². The summed E-state index contributed by atoms with van der Waals surface area (Å²) >= 11 is 0. The van der Waals surface area contributed by atoms with Gasteiger partial charge >= 0.3 is 5.76 Å². The van der Waals surface area contributed by atoms with Crippen molar-refractivity contribution < 1.29 is 22.0 Å². The largest absolute Gasteiger partial charge is 0.379 e. The zero-order valence-corrected chi connectivity index (χ0v) is 12.2. The van der Waals surface area contributed by atoms with Gasteiger partial charge in [-0.2, -0.15) is 8.78 Å². The summed E-state index contributed by atoms with van der Waals surface area (Å²) in [7, 11) is -3.01. The molecule has 2 rings (SSSR count). The number of anilines is 1. The number of carbonyl (C=O) groups is 1. The topological polar surface area (TPSA) is 66.5 Å². The highest BCUT2D eigenvalue weighted by atomic mass is 32.2. The minimum Gasteiger partial charge on any atom is -0.379 e. The van der Waals surface area contributed by atoms with E-state index in [0.717, 1.165) is 6.07 Å². The Morgan fingerprint density at radius 2 is 2.00 bits per heavy atom. The lowest BCUT2D eigenvalue weighted by Crippen LogP contribution is -2.43. The first kappa shape index (κ1) is 15.7. The molecule has 1 unspecified atom stereocenters. The van der Waals surface area contributed by atoms with Crippen molar-refractivity contribution in [3.63, 3.8) is 0 Å².